The molecule has 0 N–H and O–H groups in total. The van der Waals surface area contributed by atoms with E-state index in [0.717, 1.165) is 188 Å². The van der Waals surface area contributed by atoms with Crippen molar-refractivity contribution in [2.45, 2.75) is 0 Å². The summed E-state index contributed by atoms with van der Waals surface area (Å²) in [5.41, 5.74) is 29.2. The summed E-state index contributed by atoms with van der Waals surface area (Å²) in [6.07, 6.45) is 0. The molecule has 0 radical (unpaired) electrons. The van der Waals surface area contributed by atoms with Crippen LogP contribution in [0.1, 0.15) is 0 Å². The number of hydrogen-bond donors (Lipinski definition) is 0. The highest BCUT2D eigenvalue weighted by Crippen LogP contribution is 2.47. The Morgan fingerprint density at radius 3 is 0.900 bits per heavy atom. The van der Waals surface area contributed by atoms with Gasteiger partial charge in [-0.15, -0.1) is 11.3 Å². The number of benzene rings is 21. The first kappa shape index (κ1) is 87.6. The molecule has 702 valence electrons. The van der Waals surface area contributed by atoms with E-state index in [1.54, 1.807) is 0 Å². The molecule has 0 saturated carbocycles. The SMILES string of the molecule is c1ccc(-c2nc(-c3ccccc3)nc(-c3cccc(-n4c5ccccc5c5ccc(-c6cccc7sc8ccccc8c67)cc54)c3)n2)cc1.c1ccc(-c2nc(-c3ccccc3)nc(-n3c4ccccc4c4ccc(-c5ccc(-c6cccc7oc8ccccc8c67)cc5)cc43)n2)cc1.c1ccc(-c2nc(-c3ccccc3)nc(-n3c4ccccc4c4ccc(-c5cccc(-c6cccc7oc8ccccc8c67)c5)cc43)n2)cc1. The lowest BCUT2D eigenvalue weighted by atomic mass is 9.95. The molecule has 150 heavy (non-hydrogen) atoms. The second-order valence-corrected chi connectivity index (χ2v) is 38.4. The van der Waals surface area contributed by atoms with Crippen LogP contribution in [0.5, 0.6) is 0 Å². The molecule has 0 aliphatic carbocycles. The molecule has 0 spiro atoms. The number of aromatic nitrogens is 12. The normalized spacial score (nSPS) is 11.6. The molecule has 0 aliphatic heterocycles. The van der Waals surface area contributed by atoms with Gasteiger partial charge in [-0.2, -0.15) is 19.9 Å². The summed E-state index contributed by atoms with van der Waals surface area (Å²) in [5, 5.41) is 14.2. The second kappa shape index (κ2) is 37.2. The topological polar surface area (TPSA) is 157 Å². The number of fused-ring (bicyclic) bond motifs is 18. The fraction of sp³-hybridized carbons (Fsp3) is 0. The lowest BCUT2D eigenvalue weighted by Gasteiger charge is -2.12. The number of thiophene rings is 1. The van der Waals surface area contributed by atoms with Crippen LogP contribution in [0, 0.1) is 0 Å². The molecular weight excluding hydrogens is 1850 g/mol. The van der Waals surface area contributed by atoms with Gasteiger partial charge in [-0.25, -0.2) is 24.9 Å². The highest BCUT2D eigenvalue weighted by atomic mass is 32.1. The maximum absolute atomic E-state index is 6.22. The van der Waals surface area contributed by atoms with Crippen molar-refractivity contribution < 1.29 is 8.83 Å². The minimum atomic E-state index is 0.577. The van der Waals surface area contributed by atoms with Gasteiger partial charge in [-0.3, -0.25) is 9.13 Å². The maximum atomic E-state index is 6.22. The molecule has 14 nitrogen and oxygen atoms in total. The van der Waals surface area contributed by atoms with Crippen LogP contribution in [0.4, 0.5) is 0 Å². The summed E-state index contributed by atoms with van der Waals surface area (Å²) in [5.74, 6) is 5.62. The Balaban J connectivity index is 0.000000108. The van der Waals surface area contributed by atoms with Crippen molar-refractivity contribution in [3.63, 3.8) is 0 Å². The van der Waals surface area contributed by atoms with Gasteiger partial charge < -0.3 is 13.4 Å². The molecule has 0 fully saturated rings. The molecule has 0 unspecified atom stereocenters. The van der Waals surface area contributed by atoms with Crippen molar-refractivity contribution in [1.29, 1.82) is 0 Å². The third kappa shape index (κ3) is 15.8. The van der Waals surface area contributed by atoms with Crippen molar-refractivity contribution in [3.8, 4) is 153 Å². The van der Waals surface area contributed by atoms with Crippen LogP contribution < -0.4 is 0 Å². The van der Waals surface area contributed by atoms with Gasteiger partial charge in [0.15, 0.2) is 40.8 Å². The first-order chi connectivity index (χ1) is 74.3. The average molecular weight is 1940 g/mol. The lowest BCUT2D eigenvalue weighted by Crippen LogP contribution is -2.06. The van der Waals surface area contributed by atoms with Gasteiger partial charge in [0.2, 0.25) is 11.9 Å². The predicted octanol–water partition coefficient (Wildman–Crippen LogP) is 35.1. The van der Waals surface area contributed by atoms with E-state index in [4.69, 9.17) is 53.7 Å². The summed E-state index contributed by atoms with van der Waals surface area (Å²) in [4.78, 5) is 45.2. The highest BCUT2D eigenvalue weighted by molar-refractivity contribution is 7.26. The molecule has 0 aliphatic rings. The number of rotatable bonds is 15. The molecule has 0 amide bonds. The molecule has 0 atom stereocenters. The summed E-state index contributed by atoms with van der Waals surface area (Å²) in [6.45, 7) is 0. The average Bonchev–Trinajstić information content (AvgIpc) is 1.56. The smallest absolute Gasteiger partial charge is 0.238 e. The summed E-state index contributed by atoms with van der Waals surface area (Å²) in [6, 6.07) is 177. The Labute approximate surface area is 864 Å². The standard InChI is InChI=1S/2C45H28N4O.C45H28N4S/c1-3-13-29(14-4-1)43-46-44(30-15-5-2-6-16-30)48-45(47-43)49-38-22-9-7-19-35(38)36-26-25-32(28-39(36)49)31-17-11-18-33(27-31)34-21-12-24-41-42(34)37-20-8-10-23-40(37)50-41;1-3-12-31(13-4-1)43-46-44(32-14-5-2-6-15-32)48-45(47-43)49-38-19-9-7-16-35(38)36-27-26-33(28-39(36)49)29-22-24-30(25-23-29)34-18-11-21-41-42(34)37-17-8-10-20-40(37)50-41;1-3-13-29(14-4-1)43-46-44(30-15-5-2-6-16-30)48-45(47-43)32-17-11-18-33(27-32)49-38-22-9-7-19-35(38)36-26-25-31(28-39(36)49)34-21-12-24-41-42(34)37-20-8-10-23-40(37)50-41/h3*1-28H. The third-order valence-corrected chi connectivity index (χ3v) is 29.5. The quantitative estimate of drug-likeness (QED) is 0.0962. The van der Waals surface area contributed by atoms with E-state index in [9.17, 15) is 0 Å². The predicted molar refractivity (Wildman–Crippen MR) is 615 cm³/mol. The third-order valence-electron chi connectivity index (χ3n) is 28.4. The first-order valence-electron chi connectivity index (χ1n) is 50.1. The summed E-state index contributed by atoms with van der Waals surface area (Å²) in [7, 11) is 0. The maximum Gasteiger partial charge on any atom is 0.238 e. The monoisotopic (exact) mass is 1940 g/mol. The second-order valence-electron chi connectivity index (χ2n) is 37.4. The Kier molecular flexibility index (Phi) is 21.8. The molecule has 15 heteroatoms. The molecule has 9 heterocycles. The Bertz CT molecular complexity index is 10300. The zero-order valence-corrected chi connectivity index (χ0v) is 81.4. The highest BCUT2D eigenvalue weighted by Gasteiger charge is 2.26. The van der Waals surface area contributed by atoms with E-state index in [0.29, 0.717) is 52.7 Å². The van der Waals surface area contributed by atoms with Crippen molar-refractivity contribution in [3.05, 3.63) is 510 Å². The number of para-hydroxylation sites is 5. The number of nitrogens with zero attached hydrogens (tertiary/aromatic N) is 12. The van der Waals surface area contributed by atoms with Gasteiger partial charge in [-0.1, -0.05) is 419 Å². The zero-order chi connectivity index (χ0) is 99.1. The van der Waals surface area contributed by atoms with Gasteiger partial charge in [0, 0.05) is 119 Å². The number of hydrogen-bond acceptors (Lipinski definition) is 12. The van der Waals surface area contributed by atoms with Crippen LogP contribution in [0.25, 0.3) is 282 Å². The fourth-order valence-corrected chi connectivity index (χ4v) is 22.6. The molecule has 9 aromatic heterocycles. The Morgan fingerprint density at radius 1 is 0.153 bits per heavy atom. The van der Waals surface area contributed by atoms with Crippen molar-refractivity contribution in [2.75, 3.05) is 0 Å². The van der Waals surface area contributed by atoms with E-state index in [2.05, 4.69) is 305 Å². The van der Waals surface area contributed by atoms with E-state index in [1.165, 1.54) is 42.1 Å². The molecular formula is C135H84N12O2S. The minimum Gasteiger partial charge on any atom is -0.456 e. The van der Waals surface area contributed by atoms with Crippen LogP contribution in [0.3, 0.4) is 0 Å². The van der Waals surface area contributed by atoms with E-state index >= 15 is 0 Å². The van der Waals surface area contributed by atoms with Gasteiger partial charge >= 0.3 is 0 Å². The van der Waals surface area contributed by atoms with Crippen LogP contribution >= 0.6 is 11.3 Å². The van der Waals surface area contributed by atoms with Gasteiger partial charge in [0.25, 0.3) is 0 Å². The summed E-state index contributed by atoms with van der Waals surface area (Å²) >= 11 is 1.85. The van der Waals surface area contributed by atoms with Crippen molar-refractivity contribution in [1.82, 2.24) is 58.6 Å². The van der Waals surface area contributed by atoms with Gasteiger partial charge in [-0.05, 0) is 147 Å². The van der Waals surface area contributed by atoms with Crippen LogP contribution in [-0.4, -0.2) is 58.6 Å². The summed E-state index contributed by atoms with van der Waals surface area (Å²) < 4.78 is 21.7. The number of furan rings is 2. The molecule has 0 bridgehead atoms. The van der Waals surface area contributed by atoms with E-state index < -0.39 is 0 Å². The first-order valence-corrected chi connectivity index (χ1v) is 50.9. The lowest BCUT2D eigenvalue weighted by molar-refractivity contribution is 0.668. The Hall–Kier alpha value is -20.1. The fourth-order valence-electron chi connectivity index (χ4n) is 21.4. The van der Waals surface area contributed by atoms with E-state index in [1.807, 2.05) is 230 Å². The van der Waals surface area contributed by atoms with Crippen LogP contribution in [0.15, 0.2) is 518 Å². The zero-order valence-electron chi connectivity index (χ0n) is 80.6. The molecule has 0 saturated heterocycles. The molecule has 21 aromatic carbocycles. The molecule has 30 aromatic rings. The van der Waals surface area contributed by atoms with Gasteiger partial charge in [0.05, 0.1) is 33.1 Å². The van der Waals surface area contributed by atoms with Crippen molar-refractivity contribution in [2.24, 2.45) is 0 Å². The van der Waals surface area contributed by atoms with Crippen molar-refractivity contribution >= 4 is 141 Å². The minimum absolute atomic E-state index is 0.577. The van der Waals surface area contributed by atoms with E-state index in [-0.39, 0.29) is 0 Å². The van der Waals surface area contributed by atoms with Crippen LogP contribution in [0.2, 0.25) is 0 Å². The Morgan fingerprint density at radius 2 is 0.433 bits per heavy atom. The van der Waals surface area contributed by atoms with Crippen LogP contribution in [-0.2, 0) is 0 Å². The largest absolute Gasteiger partial charge is 0.456 e. The molecule has 30 rings (SSSR count). The van der Waals surface area contributed by atoms with Gasteiger partial charge in [0.1, 0.15) is 22.3 Å².